The molecule has 0 bridgehead atoms. The first-order chi connectivity index (χ1) is 7.66. The molecule has 2 heteroatoms. The van der Waals surface area contributed by atoms with E-state index < -0.39 is 0 Å². The van der Waals surface area contributed by atoms with Gasteiger partial charge in [-0.05, 0) is 30.9 Å². The third kappa shape index (κ3) is 3.06. The van der Waals surface area contributed by atoms with Crippen molar-refractivity contribution in [3.63, 3.8) is 0 Å². The molecule has 1 unspecified atom stereocenters. The number of aryl methyl sites for hydroxylation is 1. The fourth-order valence-corrected chi connectivity index (χ4v) is 1.72. The molecule has 90 valence electrons. The van der Waals surface area contributed by atoms with E-state index in [0.717, 1.165) is 12.0 Å². The Balaban J connectivity index is 2.77. The monoisotopic (exact) mass is 221 g/mol. The Morgan fingerprint density at radius 2 is 1.88 bits per heavy atom. The average Bonchev–Trinajstić information content (AvgIpc) is 2.36. The quantitative estimate of drug-likeness (QED) is 0.801. The van der Waals surface area contributed by atoms with Crippen LogP contribution in [0.4, 0.5) is 0 Å². The molecule has 1 aromatic rings. The summed E-state index contributed by atoms with van der Waals surface area (Å²) in [5, 5.41) is 0. The summed E-state index contributed by atoms with van der Waals surface area (Å²) in [4.78, 5) is 0. The molecule has 0 saturated carbocycles. The van der Waals surface area contributed by atoms with Gasteiger partial charge in [0.2, 0.25) is 0 Å². The molecule has 2 nitrogen and oxygen atoms in total. The minimum Gasteiger partial charge on any atom is -0.372 e. The van der Waals surface area contributed by atoms with Gasteiger partial charge in [-0.2, -0.15) is 0 Å². The molecular formula is C14H23NO. The van der Waals surface area contributed by atoms with Crippen LogP contribution in [0.3, 0.4) is 0 Å². The first-order valence-electron chi connectivity index (χ1n) is 6.01. The van der Waals surface area contributed by atoms with Crippen molar-refractivity contribution in [2.24, 2.45) is 5.73 Å². The summed E-state index contributed by atoms with van der Waals surface area (Å²) in [5.41, 5.74) is 7.93. The number of nitrogens with two attached hydrogens (primary N) is 1. The zero-order valence-electron chi connectivity index (χ0n) is 10.6. The lowest BCUT2D eigenvalue weighted by Gasteiger charge is -2.27. The predicted octanol–water partition coefficient (Wildman–Crippen LogP) is 2.85. The molecule has 16 heavy (non-hydrogen) atoms. The molecule has 0 spiro atoms. The van der Waals surface area contributed by atoms with Crippen LogP contribution in [0.5, 0.6) is 0 Å². The third-order valence-electron chi connectivity index (χ3n) is 3.22. The lowest BCUT2D eigenvalue weighted by atomic mass is 9.94. The van der Waals surface area contributed by atoms with E-state index in [9.17, 15) is 0 Å². The molecule has 0 aliphatic carbocycles. The first kappa shape index (κ1) is 13.2. The van der Waals surface area contributed by atoms with E-state index in [1.807, 2.05) is 6.92 Å². The highest BCUT2D eigenvalue weighted by atomic mass is 16.5. The number of benzene rings is 1. The Bertz CT molecular complexity index is 301. The van der Waals surface area contributed by atoms with Gasteiger partial charge in [-0.15, -0.1) is 0 Å². The zero-order chi connectivity index (χ0) is 12.0. The summed E-state index contributed by atoms with van der Waals surface area (Å²) in [7, 11) is 1.71. The molecule has 2 N–H and O–H groups in total. The second kappa shape index (κ2) is 6.02. The Morgan fingerprint density at radius 1 is 1.25 bits per heavy atom. The van der Waals surface area contributed by atoms with E-state index in [4.69, 9.17) is 10.5 Å². The molecule has 1 rings (SSSR count). The van der Waals surface area contributed by atoms with Gasteiger partial charge in [0.15, 0.2) is 0 Å². The fourth-order valence-electron chi connectivity index (χ4n) is 1.72. The van der Waals surface area contributed by atoms with Crippen LogP contribution in [0.25, 0.3) is 0 Å². The Labute approximate surface area is 98.8 Å². The lowest BCUT2D eigenvalue weighted by Crippen LogP contribution is -2.33. The summed E-state index contributed by atoms with van der Waals surface area (Å²) in [6, 6.07) is 8.61. The Morgan fingerprint density at radius 3 is 2.31 bits per heavy atom. The van der Waals surface area contributed by atoms with Crippen molar-refractivity contribution in [1.29, 1.82) is 0 Å². The van der Waals surface area contributed by atoms with Crippen LogP contribution >= 0.6 is 0 Å². The summed E-state index contributed by atoms with van der Waals surface area (Å²) >= 11 is 0. The number of unbranched alkanes of at least 4 members (excludes halogenated alkanes) is 1. The Hall–Kier alpha value is -0.860. The largest absolute Gasteiger partial charge is 0.372 e. The van der Waals surface area contributed by atoms with Crippen LogP contribution < -0.4 is 5.73 Å². The van der Waals surface area contributed by atoms with Crippen molar-refractivity contribution >= 4 is 0 Å². The van der Waals surface area contributed by atoms with Gasteiger partial charge < -0.3 is 10.5 Å². The molecule has 0 amide bonds. The van der Waals surface area contributed by atoms with Gasteiger partial charge in [-0.1, -0.05) is 37.6 Å². The second-order valence-electron chi connectivity index (χ2n) is 4.44. The van der Waals surface area contributed by atoms with Gasteiger partial charge in [0.1, 0.15) is 5.60 Å². The topological polar surface area (TPSA) is 35.2 Å². The number of methoxy groups -OCH3 is 1. The van der Waals surface area contributed by atoms with Crippen molar-refractivity contribution in [3.8, 4) is 0 Å². The summed E-state index contributed by atoms with van der Waals surface area (Å²) in [6.45, 7) is 4.73. The molecule has 0 aliphatic heterocycles. The highest BCUT2D eigenvalue weighted by molar-refractivity contribution is 5.27. The van der Waals surface area contributed by atoms with Crippen LogP contribution in [0.2, 0.25) is 0 Å². The fraction of sp³-hybridized carbons (Fsp3) is 0.571. The van der Waals surface area contributed by atoms with Gasteiger partial charge in [0.05, 0.1) is 0 Å². The SMILES string of the molecule is CCCCc1ccc(C(C)(CN)OC)cc1. The number of hydrogen-bond acceptors (Lipinski definition) is 2. The van der Waals surface area contributed by atoms with Crippen LogP contribution in [0, 0.1) is 0 Å². The molecule has 0 aromatic heterocycles. The van der Waals surface area contributed by atoms with E-state index in [-0.39, 0.29) is 5.60 Å². The molecular weight excluding hydrogens is 198 g/mol. The van der Waals surface area contributed by atoms with Gasteiger partial charge in [0, 0.05) is 13.7 Å². The van der Waals surface area contributed by atoms with Crippen LogP contribution in [0.1, 0.15) is 37.8 Å². The lowest BCUT2D eigenvalue weighted by molar-refractivity contribution is 0.0101. The average molecular weight is 221 g/mol. The molecule has 0 heterocycles. The second-order valence-corrected chi connectivity index (χ2v) is 4.44. The van der Waals surface area contributed by atoms with Crippen molar-refractivity contribution in [1.82, 2.24) is 0 Å². The molecule has 0 fully saturated rings. The van der Waals surface area contributed by atoms with Crippen molar-refractivity contribution in [3.05, 3.63) is 35.4 Å². The van der Waals surface area contributed by atoms with Gasteiger partial charge >= 0.3 is 0 Å². The van der Waals surface area contributed by atoms with E-state index >= 15 is 0 Å². The number of ether oxygens (including phenoxy) is 1. The zero-order valence-corrected chi connectivity index (χ0v) is 10.6. The first-order valence-corrected chi connectivity index (χ1v) is 6.01. The Kier molecular flexibility index (Phi) is 4.97. The van der Waals surface area contributed by atoms with Crippen molar-refractivity contribution < 1.29 is 4.74 Å². The minimum atomic E-state index is -0.358. The normalized spacial score (nSPS) is 14.8. The third-order valence-corrected chi connectivity index (χ3v) is 3.22. The van der Waals surface area contributed by atoms with E-state index in [0.29, 0.717) is 6.54 Å². The van der Waals surface area contributed by atoms with E-state index in [1.54, 1.807) is 7.11 Å². The molecule has 0 aliphatic rings. The maximum Gasteiger partial charge on any atom is 0.102 e. The van der Waals surface area contributed by atoms with E-state index in [2.05, 4.69) is 31.2 Å². The summed E-state index contributed by atoms with van der Waals surface area (Å²) < 4.78 is 5.47. The smallest absolute Gasteiger partial charge is 0.102 e. The van der Waals surface area contributed by atoms with Crippen molar-refractivity contribution in [2.75, 3.05) is 13.7 Å². The molecule has 1 aromatic carbocycles. The van der Waals surface area contributed by atoms with Crippen LogP contribution in [-0.4, -0.2) is 13.7 Å². The maximum atomic E-state index is 5.74. The highest BCUT2D eigenvalue weighted by Gasteiger charge is 2.23. The van der Waals surface area contributed by atoms with Crippen molar-refractivity contribution in [2.45, 2.75) is 38.7 Å². The summed E-state index contributed by atoms with van der Waals surface area (Å²) in [5.74, 6) is 0. The van der Waals surface area contributed by atoms with Gasteiger partial charge in [0.25, 0.3) is 0 Å². The number of rotatable bonds is 6. The van der Waals surface area contributed by atoms with Gasteiger partial charge in [-0.25, -0.2) is 0 Å². The van der Waals surface area contributed by atoms with Crippen LogP contribution in [-0.2, 0) is 16.8 Å². The standard InChI is InChI=1S/C14H23NO/c1-4-5-6-12-7-9-13(10-8-12)14(2,11-15)16-3/h7-10H,4-6,11,15H2,1-3H3. The van der Waals surface area contributed by atoms with E-state index in [1.165, 1.54) is 18.4 Å². The minimum absolute atomic E-state index is 0.358. The summed E-state index contributed by atoms with van der Waals surface area (Å²) in [6.07, 6.45) is 3.64. The molecule has 0 saturated heterocycles. The molecule has 0 radical (unpaired) electrons. The predicted molar refractivity (Wildman–Crippen MR) is 68.5 cm³/mol. The van der Waals surface area contributed by atoms with Gasteiger partial charge in [-0.3, -0.25) is 0 Å². The van der Waals surface area contributed by atoms with Crippen LogP contribution in [0.15, 0.2) is 24.3 Å². The highest BCUT2D eigenvalue weighted by Crippen LogP contribution is 2.23. The maximum absolute atomic E-state index is 5.74. The molecule has 1 atom stereocenters. The number of hydrogen-bond donors (Lipinski definition) is 1.